The molecule has 3 aromatic rings. The standard InChI is InChI=1S/C16H15NO3S/c1-4-10-5-11-14(19)12(16-17-8(2)7-21-16)6-20-15(11)9(3)13(10)18/h5-7,18H,4H2,1-3H3. The lowest BCUT2D eigenvalue weighted by molar-refractivity contribution is 0.463. The number of aryl methyl sites for hydroxylation is 3. The van der Waals surface area contributed by atoms with E-state index in [1.807, 2.05) is 19.2 Å². The molecule has 0 aliphatic carbocycles. The molecule has 1 aromatic carbocycles. The van der Waals surface area contributed by atoms with Crippen LogP contribution >= 0.6 is 11.3 Å². The Morgan fingerprint density at radius 3 is 2.76 bits per heavy atom. The monoisotopic (exact) mass is 301 g/mol. The predicted molar refractivity (Wildman–Crippen MR) is 84.1 cm³/mol. The average Bonchev–Trinajstić information content (AvgIpc) is 2.89. The summed E-state index contributed by atoms with van der Waals surface area (Å²) >= 11 is 1.42. The number of nitrogens with zero attached hydrogens (tertiary/aromatic N) is 1. The van der Waals surface area contributed by atoms with Crippen LogP contribution in [0.3, 0.4) is 0 Å². The summed E-state index contributed by atoms with van der Waals surface area (Å²) in [5.41, 5.74) is 3.02. The molecule has 0 saturated heterocycles. The third-order valence-corrected chi connectivity index (χ3v) is 4.57. The third-order valence-electron chi connectivity index (χ3n) is 3.58. The molecule has 0 spiro atoms. The first-order chi connectivity index (χ1) is 10.0. The predicted octanol–water partition coefficient (Wildman–Crippen LogP) is 3.80. The van der Waals surface area contributed by atoms with Gasteiger partial charge in [-0.2, -0.15) is 0 Å². The molecule has 0 fully saturated rings. The van der Waals surface area contributed by atoms with Crippen molar-refractivity contribution in [1.82, 2.24) is 4.98 Å². The lowest BCUT2D eigenvalue weighted by atomic mass is 10.0. The van der Waals surface area contributed by atoms with Crippen LogP contribution in [0.4, 0.5) is 0 Å². The van der Waals surface area contributed by atoms with Gasteiger partial charge in [0.25, 0.3) is 0 Å². The second-order valence-electron chi connectivity index (χ2n) is 5.01. The summed E-state index contributed by atoms with van der Waals surface area (Å²) in [6, 6.07) is 1.72. The van der Waals surface area contributed by atoms with Crippen molar-refractivity contribution < 1.29 is 9.52 Å². The van der Waals surface area contributed by atoms with E-state index in [1.54, 1.807) is 13.0 Å². The Balaban J connectivity index is 2.35. The van der Waals surface area contributed by atoms with Gasteiger partial charge in [-0.05, 0) is 31.9 Å². The molecule has 4 nitrogen and oxygen atoms in total. The summed E-state index contributed by atoms with van der Waals surface area (Å²) in [5, 5.41) is 13.2. The molecule has 0 atom stereocenters. The van der Waals surface area contributed by atoms with Crippen LogP contribution in [0.25, 0.3) is 21.5 Å². The average molecular weight is 301 g/mol. The molecule has 2 aromatic heterocycles. The number of phenols is 1. The highest BCUT2D eigenvalue weighted by Gasteiger charge is 2.16. The molecule has 0 aliphatic heterocycles. The first-order valence-corrected chi connectivity index (χ1v) is 7.60. The third kappa shape index (κ3) is 2.14. The van der Waals surface area contributed by atoms with Crippen LogP contribution in [-0.4, -0.2) is 10.1 Å². The van der Waals surface area contributed by atoms with E-state index in [0.29, 0.717) is 33.5 Å². The van der Waals surface area contributed by atoms with Crippen LogP contribution in [0.2, 0.25) is 0 Å². The van der Waals surface area contributed by atoms with Gasteiger partial charge in [-0.3, -0.25) is 4.79 Å². The molecule has 0 unspecified atom stereocenters. The number of fused-ring (bicyclic) bond motifs is 1. The molecule has 108 valence electrons. The smallest absolute Gasteiger partial charge is 0.202 e. The molecule has 21 heavy (non-hydrogen) atoms. The molecule has 5 heteroatoms. The number of hydrogen-bond acceptors (Lipinski definition) is 5. The van der Waals surface area contributed by atoms with Gasteiger partial charge in [-0.25, -0.2) is 4.98 Å². The number of thiazole rings is 1. The van der Waals surface area contributed by atoms with Crippen LogP contribution in [0.15, 0.2) is 26.9 Å². The van der Waals surface area contributed by atoms with Crippen LogP contribution in [-0.2, 0) is 6.42 Å². The van der Waals surface area contributed by atoms with E-state index in [0.717, 1.165) is 11.3 Å². The normalized spacial score (nSPS) is 11.2. The highest BCUT2D eigenvalue weighted by molar-refractivity contribution is 7.13. The van der Waals surface area contributed by atoms with Crippen molar-refractivity contribution in [3.05, 3.63) is 44.8 Å². The summed E-state index contributed by atoms with van der Waals surface area (Å²) in [5.74, 6) is 0.200. The van der Waals surface area contributed by atoms with Gasteiger partial charge in [0.1, 0.15) is 22.6 Å². The number of aromatic hydroxyl groups is 1. The molecule has 3 rings (SSSR count). The maximum absolute atomic E-state index is 12.7. The van der Waals surface area contributed by atoms with Gasteiger partial charge in [-0.1, -0.05) is 6.92 Å². The molecule has 1 N–H and O–H groups in total. The van der Waals surface area contributed by atoms with Crippen LogP contribution in [0.5, 0.6) is 5.75 Å². The van der Waals surface area contributed by atoms with Crippen molar-refractivity contribution >= 4 is 22.3 Å². The minimum atomic E-state index is -0.108. The molecular weight excluding hydrogens is 286 g/mol. The van der Waals surface area contributed by atoms with E-state index in [9.17, 15) is 9.90 Å². The van der Waals surface area contributed by atoms with E-state index in [2.05, 4.69) is 4.98 Å². The van der Waals surface area contributed by atoms with Crippen molar-refractivity contribution in [1.29, 1.82) is 0 Å². The maximum atomic E-state index is 12.7. The van der Waals surface area contributed by atoms with E-state index in [4.69, 9.17) is 4.42 Å². The zero-order valence-corrected chi connectivity index (χ0v) is 12.9. The van der Waals surface area contributed by atoms with Gasteiger partial charge in [0.15, 0.2) is 0 Å². The fourth-order valence-electron chi connectivity index (χ4n) is 2.39. The van der Waals surface area contributed by atoms with Gasteiger partial charge in [-0.15, -0.1) is 11.3 Å². The lowest BCUT2D eigenvalue weighted by Crippen LogP contribution is -2.06. The lowest BCUT2D eigenvalue weighted by Gasteiger charge is -2.09. The molecule has 2 heterocycles. The van der Waals surface area contributed by atoms with Gasteiger partial charge in [0, 0.05) is 16.6 Å². The van der Waals surface area contributed by atoms with Crippen LogP contribution < -0.4 is 5.43 Å². The molecule has 0 radical (unpaired) electrons. The zero-order valence-electron chi connectivity index (χ0n) is 12.1. The Hall–Kier alpha value is -2.14. The van der Waals surface area contributed by atoms with Gasteiger partial charge in [0.05, 0.1) is 10.9 Å². The Kier molecular flexibility index (Phi) is 3.29. The number of hydrogen-bond donors (Lipinski definition) is 1. The fourth-order valence-corrected chi connectivity index (χ4v) is 3.19. The second-order valence-corrected chi connectivity index (χ2v) is 5.87. The Labute approximate surface area is 125 Å². The molecule has 0 saturated carbocycles. The number of phenolic OH excluding ortho intramolecular Hbond substituents is 1. The Morgan fingerprint density at radius 1 is 1.38 bits per heavy atom. The molecular formula is C16H15NO3S. The van der Waals surface area contributed by atoms with Crippen molar-refractivity contribution in [2.24, 2.45) is 0 Å². The van der Waals surface area contributed by atoms with Crippen molar-refractivity contribution in [3.8, 4) is 16.3 Å². The number of benzene rings is 1. The summed E-state index contributed by atoms with van der Waals surface area (Å²) in [7, 11) is 0. The summed E-state index contributed by atoms with van der Waals surface area (Å²) in [4.78, 5) is 17.0. The maximum Gasteiger partial charge on any atom is 0.202 e. The summed E-state index contributed by atoms with van der Waals surface area (Å²) < 4.78 is 5.61. The van der Waals surface area contributed by atoms with E-state index in [1.165, 1.54) is 17.6 Å². The SMILES string of the molecule is CCc1cc2c(=O)c(-c3nc(C)cs3)coc2c(C)c1O. The summed E-state index contributed by atoms with van der Waals surface area (Å²) in [6.45, 7) is 5.59. The largest absolute Gasteiger partial charge is 0.507 e. The van der Waals surface area contributed by atoms with Gasteiger partial charge in [0.2, 0.25) is 5.43 Å². The topological polar surface area (TPSA) is 63.3 Å². The van der Waals surface area contributed by atoms with E-state index >= 15 is 0 Å². The highest BCUT2D eigenvalue weighted by Crippen LogP contribution is 2.31. The Morgan fingerprint density at radius 2 is 2.14 bits per heavy atom. The first-order valence-electron chi connectivity index (χ1n) is 6.72. The van der Waals surface area contributed by atoms with Crippen LogP contribution in [0.1, 0.15) is 23.7 Å². The minimum Gasteiger partial charge on any atom is -0.507 e. The summed E-state index contributed by atoms with van der Waals surface area (Å²) in [6.07, 6.45) is 2.09. The first kappa shape index (κ1) is 13.8. The second kappa shape index (κ2) is 5.00. The number of aromatic nitrogens is 1. The van der Waals surface area contributed by atoms with Crippen LogP contribution in [0, 0.1) is 13.8 Å². The quantitative estimate of drug-likeness (QED) is 0.782. The minimum absolute atomic E-state index is 0.108. The molecule has 0 bridgehead atoms. The molecule has 0 aliphatic rings. The zero-order chi connectivity index (χ0) is 15.1. The van der Waals surface area contributed by atoms with Crippen molar-refractivity contribution in [2.45, 2.75) is 27.2 Å². The molecule has 0 amide bonds. The number of rotatable bonds is 2. The fraction of sp³-hybridized carbons (Fsp3) is 0.250. The highest BCUT2D eigenvalue weighted by atomic mass is 32.1. The Bertz CT molecular complexity index is 892. The van der Waals surface area contributed by atoms with Gasteiger partial charge >= 0.3 is 0 Å². The van der Waals surface area contributed by atoms with Crippen molar-refractivity contribution in [3.63, 3.8) is 0 Å². The van der Waals surface area contributed by atoms with E-state index < -0.39 is 0 Å². The van der Waals surface area contributed by atoms with Gasteiger partial charge < -0.3 is 9.52 Å². The van der Waals surface area contributed by atoms with E-state index in [-0.39, 0.29) is 11.2 Å². The van der Waals surface area contributed by atoms with Crippen molar-refractivity contribution in [2.75, 3.05) is 0 Å².